The van der Waals surface area contributed by atoms with Gasteiger partial charge in [0, 0.05) is 61.3 Å². The number of carbonyl (C=O) groups excluding carboxylic acids is 1. The van der Waals surface area contributed by atoms with E-state index in [1.54, 1.807) is 29.2 Å². The first-order valence-corrected chi connectivity index (χ1v) is 11.2. The van der Waals surface area contributed by atoms with E-state index in [-0.39, 0.29) is 17.4 Å². The summed E-state index contributed by atoms with van der Waals surface area (Å²) < 4.78 is 42.0. The molecule has 34 heavy (non-hydrogen) atoms. The Morgan fingerprint density at radius 2 is 1.68 bits per heavy atom. The second kappa shape index (κ2) is 8.64. The van der Waals surface area contributed by atoms with Gasteiger partial charge in [0.25, 0.3) is 5.91 Å². The lowest BCUT2D eigenvalue weighted by atomic mass is 9.93. The Balaban J connectivity index is 1.55. The number of halogens is 3. The number of hydrogen-bond acceptors (Lipinski definition) is 5. The van der Waals surface area contributed by atoms with Gasteiger partial charge in [-0.05, 0) is 47.4 Å². The van der Waals surface area contributed by atoms with E-state index in [1.807, 2.05) is 6.07 Å². The lowest BCUT2D eigenvalue weighted by molar-refractivity contribution is -0.137. The van der Waals surface area contributed by atoms with E-state index in [4.69, 9.17) is 5.73 Å². The van der Waals surface area contributed by atoms with Crippen molar-refractivity contribution in [3.8, 4) is 22.3 Å². The minimum absolute atomic E-state index is 0.114. The van der Waals surface area contributed by atoms with Gasteiger partial charge in [-0.3, -0.25) is 4.79 Å². The van der Waals surface area contributed by atoms with Gasteiger partial charge in [0.2, 0.25) is 0 Å². The maximum Gasteiger partial charge on any atom is 0.418 e. The highest BCUT2D eigenvalue weighted by molar-refractivity contribution is 5.97. The number of hydrogen-bond donors (Lipinski definition) is 3. The molecule has 9 heteroatoms. The van der Waals surface area contributed by atoms with Crippen molar-refractivity contribution >= 4 is 17.4 Å². The third-order valence-corrected chi connectivity index (χ3v) is 6.35. The number of nitrogens with one attached hydrogen (secondary N) is 2. The van der Waals surface area contributed by atoms with Gasteiger partial charge in [0.05, 0.1) is 5.56 Å². The fourth-order valence-corrected chi connectivity index (χ4v) is 4.58. The van der Waals surface area contributed by atoms with Crippen molar-refractivity contribution in [2.45, 2.75) is 12.6 Å². The molecule has 5 rings (SSSR count). The average Bonchev–Trinajstić information content (AvgIpc) is 2.84. The maximum atomic E-state index is 14.0. The molecule has 2 aliphatic rings. The van der Waals surface area contributed by atoms with Crippen molar-refractivity contribution in [3.05, 3.63) is 65.4 Å². The first-order valence-electron chi connectivity index (χ1n) is 11.2. The summed E-state index contributed by atoms with van der Waals surface area (Å²) in [5.74, 6) is 0.161. The molecule has 3 heterocycles. The Labute approximate surface area is 195 Å². The molecule has 0 atom stereocenters. The first-order chi connectivity index (χ1) is 16.3. The third kappa shape index (κ3) is 4.19. The summed E-state index contributed by atoms with van der Waals surface area (Å²) in [6, 6.07) is 11.6. The quantitative estimate of drug-likeness (QED) is 0.547. The number of anilines is 2. The second-order valence-electron chi connectivity index (χ2n) is 8.50. The molecule has 0 radical (unpaired) electrons. The smallest absolute Gasteiger partial charge is 0.383 e. The van der Waals surface area contributed by atoms with Crippen LogP contribution >= 0.6 is 0 Å². The molecule has 1 fully saturated rings. The zero-order valence-electron chi connectivity index (χ0n) is 18.4. The normalized spacial score (nSPS) is 16.2. The van der Waals surface area contributed by atoms with Crippen LogP contribution in [-0.2, 0) is 12.6 Å². The maximum absolute atomic E-state index is 14.0. The largest absolute Gasteiger partial charge is 0.418 e. The Morgan fingerprint density at radius 1 is 0.912 bits per heavy atom. The number of pyridine rings is 1. The first kappa shape index (κ1) is 22.2. The molecule has 1 aromatic heterocycles. The predicted molar refractivity (Wildman–Crippen MR) is 126 cm³/mol. The van der Waals surface area contributed by atoms with Crippen LogP contribution in [0.5, 0.6) is 0 Å². The number of carbonyl (C=O) groups is 1. The van der Waals surface area contributed by atoms with Crippen LogP contribution in [0.2, 0.25) is 0 Å². The van der Waals surface area contributed by atoms with Gasteiger partial charge >= 0.3 is 6.18 Å². The van der Waals surface area contributed by atoms with E-state index in [9.17, 15) is 18.0 Å². The monoisotopic (exact) mass is 467 g/mol. The minimum Gasteiger partial charge on any atom is -0.383 e. The number of piperazine rings is 1. The molecule has 0 saturated carbocycles. The number of benzene rings is 2. The summed E-state index contributed by atoms with van der Waals surface area (Å²) >= 11 is 0. The highest BCUT2D eigenvalue weighted by atomic mass is 19.4. The van der Waals surface area contributed by atoms with Crippen molar-refractivity contribution in [1.82, 2.24) is 15.6 Å². The SMILES string of the molecule is Nc1ncc(-c2ccc(N3CCNCC3)c(C(F)(F)F)c2)cc1-c1ccc2c(c1)CCNC2=O. The highest BCUT2D eigenvalue weighted by Crippen LogP contribution is 2.40. The Bertz CT molecular complexity index is 1250. The molecule has 0 aliphatic carbocycles. The van der Waals surface area contributed by atoms with Crippen LogP contribution in [0.1, 0.15) is 21.5 Å². The van der Waals surface area contributed by atoms with Crippen molar-refractivity contribution in [2.24, 2.45) is 0 Å². The molecule has 3 aromatic rings. The summed E-state index contributed by atoms with van der Waals surface area (Å²) in [4.78, 5) is 18.1. The Hall–Kier alpha value is -3.59. The molecule has 0 bridgehead atoms. The summed E-state index contributed by atoms with van der Waals surface area (Å²) in [6.45, 7) is 2.89. The van der Waals surface area contributed by atoms with Gasteiger partial charge in [0.15, 0.2) is 0 Å². The fourth-order valence-electron chi connectivity index (χ4n) is 4.58. The van der Waals surface area contributed by atoms with E-state index in [0.29, 0.717) is 61.4 Å². The lowest BCUT2D eigenvalue weighted by Crippen LogP contribution is -2.44. The van der Waals surface area contributed by atoms with E-state index in [1.165, 1.54) is 18.3 Å². The molecule has 176 valence electrons. The number of nitrogen functional groups attached to an aromatic ring is 1. The third-order valence-electron chi connectivity index (χ3n) is 6.35. The van der Waals surface area contributed by atoms with Crippen LogP contribution in [0.25, 0.3) is 22.3 Å². The number of fused-ring (bicyclic) bond motifs is 1. The van der Waals surface area contributed by atoms with Crippen molar-refractivity contribution in [1.29, 1.82) is 0 Å². The van der Waals surface area contributed by atoms with Crippen LogP contribution in [0.3, 0.4) is 0 Å². The zero-order chi connectivity index (χ0) is 23.9. The summed E-state index contributed by atoms with van der Waals surface area (Å²) in [6.07, 6.45) is -2.30. The molecule has 6 nitrogen and oxygen atoms in total. The van der Waals surface area contributed by atoms with Crippen LogP contribution in [0.15, 0.2) is 48.7 Å². The molecule has 0 spiro atoms. The number of nitrogens with two attached hydrogens (primary N) is 1. The summed E-state index contributed by atoms with van der Waals surface area (Å²) in [7, 11) is 0. The molecule has 2 aliphatic heterocycles. The number of amides is 1. The van der Waals surface area contributed by atoms with Gasteiger partial charge in [0.1, 0.15) is 5.82 Å². The Kier molecular flexibility index (Phi) is 5.65. The lowest BCUT2D eigenvalue weighted by Gasteiger charge is -2.31. The van der Waals surface area contributed by atoms with Gasteiger partial charge in [-0.15, -0.1) is 0 Å². The molecule has 2 aromatic carbocycles. The van der Waals surface area contributed by atoms with Crippen LogP contribution in [-0.4, -0.2) is 43.6 Å². The van der Waals surface area contributed by atoms with Crippen LogP contribution in [0.4, 0.5) is 24.7 Å². The van der Waals surface area contributed by atoms with Gasteiger partial charge < -0.3 is 21.3 Å². The van der Waals surface area contributed by atoms with E-state index >= 15 is 0 Å². The topological polar surface area (TPSA) is 83.3 Å². The average molecular weight is 467 g/mol. The molecule has 0 unspecified atom stereocenters. The molecular weight excluding hydrogens is 443 g/mol. The van der Waals surface area contributed by atoms with Gasteiger partial charge in [-0.2, -0.15) is 13.2 Å². The highest BCUT2D eigenvalue weighted by Gasteiger charge is 2.35. The van der Waals surface area contributed by atoms with Crippen LogP contribution < -0.4 is 21.3 Å². The molecular formula is C25H24F3N5O. The Morgan fingerprint density at radius 3 is 2.44 bits per heavy atom. The summed E-state index contributed by atoms with van der Waals surface area (Å²) in [5.41, 5.74) is 9.54. The van der Waals surface area contributed by atoms with E-state index < -0.39 is 11.7 Å². The number of rotatable bonds is 3. The molecule has 1 saturated heterocycles. The number of aromatic nitrogens is 1. The fraction of sp³-hybridized carbons (Fsp3) is 0.280. The van der Waals surface area contributed by atoms with Crippen molar-refractivity contribution < 1.29 is 18.0 Å². The predicted octanol–water partition coefficient (Wildman–Crippen LogP) is 3.71. The van der Waals surface area contributed by atoms with Crippen LogP contribution in [0, 0.1) is 0 Å². The zero-order valence-corrected chi connectivity index (χ0v) is 18.4. The van der Waals surface area contributed by atoms with Crippen molar-refractivity contribution in [3.63, 3.8) is 0 Å². The van der Waals surface area contributed by atoms with E-state index in [2.05, 4.69) is 15.6 Å². The van der Waals surface area contributed by atoms with Gasteiger partial charge in [-0.1, -0.05) is 18.2 Å². The number of alkyl halides is 3. The minimum atomic E-state index is -4.49. The molecule has 4 N–H and O–H groups in total. The molecule has 1 amide bonds. The second-order valence-corrected chi connectivity index (χ2v) is 8.50. The van der Waals surface area contributed by atoms with E-state index in [0.717, 1.165) is 11.1 Å². The van der Waals surface area contributed by atoms with Gasteiger partial charge in [-0.25, -0.2) is 4.98 Å². The number of nitrogens with zero attached hydrogens (tertiary/aromatic N) is 2. The van der Waals surface area contributed by atoms with Crippen molar-refractivity contribution in [2.75, 3.05) is 43.4 Å². The summed E-state index contributed by atoms with van der Waals surface area (Å²) in [5, 5.41) is 5.97. The standard InChI is InChI=1S/C25H24F3N5O/c26-25(27,28)21-13-15(2-4-22(21)33-9-7-30-8-10-33)18-12-20(23(29)32-14-18)16-1-3-19-17(11-16)5-6-31-24(19)34/h1-4,11-14,30H,5-10H2,(H2,29,32)(H,31,34).